The molecular formula is C34H35FN4O4S. The first-order chi connectivity index (χ1) is 21.2. The highest BCUT2D eigenvalue weighted by molar-refractivity contribution is 7.80. The van der Waals surface area contributed by atoms with Gasteiger partial charge in [-0.1, -0.05) is 18.2 Å². The van der Waals surface area contributed by atoms with Crippen molar-refractivity contribution in [3.05, 3.63) is 72.7 Å². The lowest BCUT2D eigenvalue weighted by Gasteiger charge is -2.20. The number of hydrogen-bond donors (Lipinski definition) is 1. The Morgan fingerprint density at radius 2 is 1.75 bits per heavy atom. The molecule has 3 aromatic rings. The van der Waals surface area contributed by atoms with Crippen LogP contribution in [0.25, 0.3) is 22.0 Å². The van der Waals surface area contributed by atoms with Crippen LogP contribution >= 0.6 is 12.2 Å². The van der Waals surface area contributed by atoms with Gasteiger partial charge in [0.1, 0.15) is 5.75 Å². The molecule has 2 atom stereocenters. The van der Waals surface area contributed by atoms with Crippen molar-refractivity contribution in [3.8, 4) is 34.1 Å². The molecule has 10 heteroatoms. The first-order valence-corrected chi connectivity index (χ1v) is 15.1. The quantitative estimate of drug-likeness (QED) is 0.211. The highest BCUT2D eigenvalue weighted by atomic mass is 32.1. The minimum atomic E-state index is -0.672. The molecule has 44 heavy (non-hydrogen) atoms. The number of anilines is 1. The van der Waals surface area contributed by atoms with Crippen molar-refractivity contribution in [3.63, 3.8) is 0 Å². The number of nitrogens with zero attached hydrogens (tertiary/aromatic N) is 3. The summed E-state index contributed by atoms with van der Waals surface area (Å²) in [5, 5.41) is 0.478. The second-order valence-corrected chi connectivity index (χ2v) is 12.1. The summed E-state index contributed by atoms with van der Waals surface area (Å²) in [4.78, 5) is 19.8. The zero-order chi connectivity index (χ0) is 31.0. The van der Waals surface area contributed by atoms with Gasteiger partial charge >= 0.3 is 0 Å². The van der Waals surface area contributed by atoms with Crippen LogP contribution in [0.3, 0.4) is 0 Å². The van der Waals surface area contributed by atoms with Gasteiger partial charge in [0.15, 0.2) is 28.2 Å². The van der Waals surface area contributed by atoms with Crippen LogP contribution in [0.5, 0.6) is 23.0 Å². The van der Waals surface area contributed by atoms with E-state index in [9.17, 15) is 9.18 Å². The van der Waals surface area contributed by atoms with Crippen LogP contribution in [0.2, 0.25) is 0 Å². The number of thiocarbonyl (C=S) groups is 1. The fourth-order valence-electron chi connectivity index (χ4n) is 6.46. The SMILES string of the molecule is COc1cc2c(Oc3ccc(N(C(C)=O)C(N)=S)cc3F)ccnc2cc1OCC1CC2CN(C)CC2C1.c1cc2cc-2c1. The molecule has 1 amide bonds. The van der Waals surface area contributed by atoms with E-state index in [1.54, 1.807) is 25.4 Å². The van der Waals surface area contributed by atoms with Crippen molar-refractivity contribution in [2.24, 2.45) is 23.5 Å². The van der Waals surface area contributed by atoms with Gasteiger partial charge < -0.3 is 24.8 Å². The number of hydrogen-bond acceptors (Lipinski definition) is 7. The van der Waals surface area contributed by atoms with Gasteiger partial charge in [0, 0.05) is 43.7 Å². The van der Waals surface area contributed by atoms with E-state index >= 15 is 0 Å². The summed E-state index contributed by atoms with van der Waals surface area (Å²) in [6.45, 7) is 4.28. The van der Waals surface area contributed by atoms with Gasteiger partial charge in [-0.05, 0) is 91.3 Å². The number of rotatable bonds is 7. The topological polar surface area (TPSA) is 90.2 Å². The average Bonchev–Trinajstić information content (AvgIpc) is 3.24. The lowest BCUT2D eigenvalue weighted by molar-refractivity contribution is -0.115. The zero-order valence-electron chi connectivity index (χ0n) is 25.0. The maximum Gasteiger partial charge on any atom is 0.230 e. The number of amides is 1. The van der Waals surface area contributed by atoms with Gasteiger partial charge in [0.05, 0.1) is 24.9 Å². The Balaban J connectivity index is 0.000000503. The van der Waals surface area contributed by atoms with E-state index < -0.39 is 11.7 Å². The Hall–Kier alpha value is -4.28. The second kappa shape index (κ2) is 12.4. The molecule has 0 spiro atoms. The summed E-state index contributed by atoms with van der Waals surface area (Å²) in [6.07, 6.45) is 3.97. The summed E-state index contributed by atoms with van der Waals surface area (Å²) in [5.74, 6) is 2.52. The van der Waals surface area contributed by atoms with E-state index in [1.807, 2.05) is 6.07 Å². The average molecular weight is 615 g/mol. The van der Waals surface area contributed by atoms with Crippen molar-refractivity contribution in [2.45, 2.75) is 19.8 Å². The number of benzene rings is 3. The molecular weight excluding hydrogens is 579 g/mol. The number of carbonyl (C=O) groups is 1. The zero-order valence-corrected chi connectivity index (χ0v) is 25.8. The van der Waals surface area contributed by atoms with Crippen molar-refractivity contribution in [2.75, 3.05) is 38.8 Å². The number of nitrogens with two attached hydrogens (primary N) is 1. The van der Waals surface area contributed by atoms with Crippen LogP contribution in [-0.2, 0) is 4.79 Å². The lowest BCUT2D eigenvalue weighted by atomic mass is 10.0. The molecule has 3 aliphatic carbocycles. The van der Waals surface area contributed by atoms with Crippen molar-refractivity contribution < 1.29 is 23.4 Å². The molecule has 8 nitrogen and oxygen atoms in total. The lowest BCUT2D eigenvalue weighted by Crippen LogP contribution is -2.39. The van der Waals surface area contributed by atoms with E-state index in [0.717, 1.165) is 22.8 Å². The van der Waals surface area contributed by atoms with Crippen molar-refractivity contribution >= 4 is 39.8 Å². The molecule has 2 fully saturated rings. The van der Waals surface area contributed by atoms with E-state index in [-0.39, 0.29) is 16.5 Å². The molecule has 228 valence electrons. The molecule has 2 N–H and O–H groups in total. The van der Waals surface area contributed by atoms with Crippen molar-refractivity contribution in [1.29, 1.82) is 0 Å². The number of fused-ring (bicyclic) bond motifs is 3. The first-order valence-electron chi connectivity index (χ1n) is 14.7. The number of likely N-dealkylation sites (tertiary alicyclic amines) is 1. The predicted octanol–water partition coefficient (Wildman–Crippen LogP) is 6.40. The predicted molar refractivity (Wildman–Crippen MR) is 173 cm³/mol. The number of ether oxygens (including phenoxy) is 3. The smallest absolute Gasteiger partial charge is 0.230 e. The molecule has 0 bridgehead atoms. The van der Waals surface area contributed by atoms with Gasteiger partial charge in [-0.3, -0.25) is 14.7 Å². The highest BCUT2D eigenvalue weighted by Crippen LogP contribution is 2.43. The van der Waals surface area contributed by atoms with Crippen LogP contribution in [0.4, 0.5) is 10.1 Å². The molecule has 1 aliphatic heterocycles. The van der Waals surface area contributed by atoms with Gasteiger partial charge in [-0.2, -0.15) is 0 Å². The minimum absolute atomic E-state index is 0.0237. The third kappa shape index (κ3) is 6.32. The third-order valence-corrected chi connectivity index (χ3v) is 8.72. The molecule has 4 aliphatic rings. The Bertz CT molecular complexity index is 1690. The Morgan fingerprint density at radius 1 is 1.02 bits per heavy atom. The maximum absolute atomic E-state index is 15.0. The second-order valence-electron chi connectivity index (χ2n) is 11.7. The number of pyridine rings is 1. The molecule has 2 aromatic carbocycles. The van der Waals surface area contributed by atoms with E-state index in [4.69, 9.17) is 32.2 Å². The maximum atomic E-state index is 15.0. The van der Waals surface area contributed by atoms with Gasteiger partial charge in [-0.15, -0.1) is 0 Å². The van der Waals surface area contributed by atoms with Crippen LogP contribution < -0.4 is 24.8 Å². The largest absolute Gasteiger partial charge is 0.493 e. The summed E-state index contributed by atoms with van der Waals surface area (Å²) >= 11 is 4.91. The monoisotopic (exact) mass is 614 g/mol. The number of methoxy groups -OCH3 is 1. The molecule has 1 saturated heterocycles. The first kappa shape index (κ1) is 29.8. The fourth-order valence-corrected chi connectivity index (χ4v) is 6.70. The highest BCUT2D eigenvalue weighted by Gasteiger charge is 2.39. The Kier molecular flexibility index (Phi) is 8.38. The normalized spacial score (nSPS) is 19.5. The molecule has 2 heterocycles. The Morgan fingerprint density at radius 3 is 2.32 bits per heavy atom. The van der Waals surface area contributed by atoms with Crippen molar-refractivity contribution in [1.82, 2.24) is 9.88 Å². The summed E-state index contributed by atoms with van der Waals surface area (Å²) in [7, 11) is 3.78. The van der Waals surface area contributed by atoms with E-state index in [1.165, 1.54) is 56.1 Å². The molecule has 7 rings (SSSR count). The minimum Gasteiger partial charge on any atom is -0.493 e. The Labute approximate surface area is 261 Å². The molecule has 0 radical (unpaired) electrons. The van der Waals surface area contributed by atoms with Crippen LogP contribution in [0, 0.1) is 23.6 Å². The number of carbonyl (C=O) groups excluding carboxylic acids is 1. The fraction of sp³-hybridized carbons (Fsp3) is 0.324. The standard InChI is InChI=1S/C28H31FN4O4S.C6H4/c1-16(34)33(28(30)38)20-4-5-25(22(29)10-20)37-24-6-7-31-23-12-27(26(35-3)11-21(23)24)36-15-17-8-18-13-32(2)14-19(18)9-17;1-2-5-4-6(5)3-1/h4-7,10-12,17-19H,8-9,13-15H2,1-3H3,(H2,30,38);1-4H. The van der Waals surface area contributed by atoms with Gasteiger partial charge in [0.25, 0.3) is 0 Å². The summed E-state index contributed by atoms with van der Waals surface area (Å²) in [5.41, 5.74) is 9.32. The van der Waals surface area contributed by atoms with E-state index in [0.29, 0.717) is 40.7 Å². The summed E-state index contributed by atoms with van der Waals surface area (Å²) in [6, 6.07) is 17.9. The van der Waals surface area contributed by atoms with Gasteiger partial charge in [-0.25, -0.2) is 4.39 Å². The molecule has 1 saturated carbocycles. The number of halogens is 1. The van der Waals surface area contributed by atoms with E-state index in [2.05, 4.69) is 41.2 Å². The van der Waals surface area contributed by atoms with Gasteiger partial charge in [0.2, 0.25) is 5.91 Å². The number of aromatic nitrogens is 1. The third-order valence-electron chi connectivity index (χ3n) is 8.53. The summed E-state index contributed by atoms with van der Waals surface area (Å²) < 4.78 is 32.8. The molecule has 2 unspecified atom stereocenters. The van der Waals surface area contributed by atoms with Crippen LogP contribution in [-0.4, -0.2) is 54.8 Å². The van der Waals surface area contributed by atoms with Crippen LogP contribution in [0.15, 0.2) is 66.9 Å². The molecule has 1 aromatic heterocycles. The van der Waals surface area contributed by atoms with Crippen LogP contribution in [0.1, 0.15) is 19.8 Å².